The maximum atomic E-state index is 5.92. The van der Waals surface area contributed by atoms with Crippen LogP contribution in [0.25, 0.3) is 22.6 Å². The number of nitrogens with zero attached hydrogens (tertiary/aromatic N) is 3. The van der Waals surface area contributed by atoms with E-state index in [-0.39, 0.29) is 0 Å². The molecule has 4 heteroatoms. The Labute approximate surface area is 210 Å². The summed E-state index contributed by atoms with van der Waals surface area (Å²) >= 11 is 0. The molecular formula is C31H37N3O. The third-order valence-electron chi connectivity index (χ3n) is 6.37. The van der Waals surface area contributed by atoms with Gasteiger partial charge in [-0.2, -0.15) is 0 Å². The van der Waals surface area contributed by atoms with E-state index in [9.17, 15) is 0 Å². The SMILES string of the molecule is CCCCn1c(-c2ccccc2)nc(-c2ccccc2)c1CN(CC)Cc1ccccc1OCC. The van der Waals surface area contributed by atoms with Crippen LogP contribution in [0.15, 0.2) is 84.9 Å². The minimum Gasteiger partial charge on any atom is -0.494 e. The highest BCUT2D eigenvalue weighted by Crippen LogP contribution is 2.31. The van der Waals surface area contributed by atoms with E-state index in [2.05, 4.69) is 102 Å². The van der Waals surface area contributed by atoms with E-state index in [1.54, 1.807) is 0 Å². The Morgan fingerprint density at radius 3 is 2.09 bits per heavy atom. The smallest absolute Gasteiger partial charge is 0.140 e. The van der Waals surface area contributed by atoms with Gasteiger partial charge in [-0.05, 0) is 26.0 Å². The van der Waals surface area contributed by atoms with Crippen molar-refractivity contribution >= 4 is 0 Å². The highest BCUT2D eigenvalue weighted by Gasteiger charge is 2.21. The fraction of sp³-hybridized carbons (Fsp3) is 0.323. The van der Waals surface area contributed by atoms with Gasteiger partial charge in [0.2, 0.25) is 0 Å². The Kier molecular flexibility index (Phi) is 8.74. The van der Waals surface area contributed by atoms with Crippen LogP contribution in [0.2, 0.25) is 0 Å². The third-order valence-corrected chi connectivity index (χ3v) is 6.37. The fourth-order valence-electron chi connectivity index (χ4n) is 4.50. The molecule has 0 N–H and O–H groups in total. The van der Waals surface area contributed by atoms with E-state index in [0.717, 1.165) is 61.9 Å². The first-order valence-electron chi connectivity index (χ1n) is 12.9. The highest BCUT2D eigenvalue weighted by atomic mass is 16.5. The lowest BCUT2D eigenvalue weighted by Gasteiger charge is -2.24. The largest absolute Gasteiger partial charge is 0.494 e. The number of imidazole rings is 1. The van der Waals surface area contributed by atoms with Gasteiger partial charge in [-0.3, -0.25) is 4.90 Å². The molecule has 0 amide bonds. The van der Waals surface area contributed by atoms with Crippen LogP contribution < -0.4 is 4.74 Å². The molecule has 4 rings (SSSR count). The third kappa shape index (κ3) is 6.01. The average molecular weight is 468 g/mol. The topological polar surface area (TPSA) is 30.3 Å². The Bertz CT molecular complexity index is 1180. The van der Waals surface area contributed by atoms with Gasteiger partial charge in [-0.1, -0.05) is 99.1 Å². The molecule has 0 aliphatic rings. The van der Waals surface area contributed by atoms with Crippen LogP contribution >= 0.6 is 0 Å². The first-order chi connectivity index (χ1) is 17.2. The summed E-state index contributed by atoms with van der Waals surface area (Å²) in [5.74, 6) is 2.03. The lowest BCUT2D eigenvalue weighted by atomic mass is 10.1. The highest BCUT2D eigenvalue weighted by molar-refractivity contribution is 5.68. The van der Waals surface area contributed by atoms with Crippen molar-refractivity contribution in [3.8, 4) is 28.4 Å². The van der Waals surface area contributed by atoms with Gasteiger partial charge in [0.25, 0.3) is 0 Å². The Balaban J connectivity index is 1.77. The molecule has 1 aromatic heterocycles. The molecule has 4 aromatic rings. The van der Waals surface area contributed by atoms with Crippen LogP contribution in [-0.4, -0.2) is 27.6 Å². The van der Waals surface area contributed by atoms with Crippen LogP contribution in [0, 0.1) is 0 Å². The van der Waals surface area contributed by atoms with E-state index >= 15 is 0 Å². The van der Waals surface area contributed by atoms with Crippen molar-refractivity contribution in [1.82, 2.24) is 14.5 Å². The van der Waals surface area contributed by atoms with Crippen LogP contribution in [0.4, 0.5) is 0 Å². The number of hydrogen-bond acceptors (Lipinski definition) is 3. The van der Waals surface area contributed by atoms with Crippen molar-refractivity contribution in [3.05, 3.63) is 96.2 Å². The van der Waals surface area contributed by atoms with Crippen molar-refractivity contribution in [2.24, 2.45) is 0 Å². The van der Waals surface area contributed by atoms with Crippen molar-refractivity contribution in [2.45, 2.75) is 53.2 Å². The van der Waals surface area contributed by atoms with Crippen molar-refractivity contribution in [3.63, 3.8) is 0 Å². The zero-order chi connectivity index (χ0) is 24.5. The number of benzene rings is 3. The maximum absolute atomic E-state index is 5.92. The molecule has 0 bridgehead atoms. The van der Waals surface area contributed by atoms with E-state index in [1.807, 2.05) is 13.0 Å². The van der Waals surface area contributed by atoms with Crippen molar-refractivity contribution < 1.29 is 4.74 Å². The molecule has 0 fully saturated rings. The quantitative estimate of drug-likeness (QED) is 0.217. The fourth-order valence-corrected chi connectivity index (χ4v) is 4.50. The zero-order valence-electron chi connectivity index (χ0n) is 21.3. The second-order valence-corrected chi connectivity index (χ2v) is 8.81. The van der Waals surface area contributed by atoms with E-state index in [1.165, 1.54) is 16.8 Å². The van der Waals surface area contributed by atoms with E-state index in [0.29, 0.717) is 6.61 Å². The Hall–Kier alpha value is -3.37. The van der Waals surface area contributed by atoms with Gasteiger partial charge < -0.3 is 9.30 Å². The maximum Gasteiger partial charge on any atom is 0.140 e. The van der Waals surface area contributed by atoms with Crippen molar-refractivity contribution in [2.75, 3.05) is 13.2 Å². The normalized spacial score (nSPS) is 11.2. The van der Waals surface area contributed by atoms with Crippen molar-refractivity contribution in [1.29, 1.82) is 0 Å². The summed E-state index contributed by atoms with van der Waals surface area (Å²) in [5, 5.41) is 0. The average Bonchev–Trinajstić information content (AvgIpc) is 3.27. The number of aromatic nitrogens is 2. The second-order valence-electron chi connectivity index (χ2n) is 8.81. The first kappa shape index (κ1) is 24.7. The molecule has 0 aliphatic carbocycles. The second kappa shape index (κ2) is 12.4. The number of rotatable bonds is 12. The molecule has 0 saturated heterocycles. The number of para-hydroxylation sites is 1. The summed E-state index contributed by atoms with van der Waals surface area (Å²) in [5.41, 5.74) is 5.91. The predicted molar refractivity (Wildman–Crippen MR) is 145 cm³/mol. The molecule has 0 saturated carbocycles. The van der Waals surface area contributed by atoms with Gasteiger partial charge in [-0.25, -0.2) is 4.98 Å². The molecule has 0 radical (unpaired) electrons. The molecule has 0 atom stereocenters. The minimum atomic E-state index is 0.672. The molecule has 182 valence electrons. The number of hydrogen-bond donors (Lipinski definition) is 0. The van der Waals surface area contributed by atoms with Gasteiger partial charge in [0.15, 0.2) is 0 Å². The molecule has 0 unspecified atom stereocenters. The van der Waals surface area contributed by atoms with Gasteiger partial charge in [0.1, 0.15) is 11.6 Å². The summed E-state index contributed by atoms with van der Waals surface area (Å²) in [7, 11) is 0. The molecule has 4 nitrogen and oxygen atoms in total. The minimum absolute atomic E-state index is 0.672. The Morgan fingerprint density at radius 1 is 0.771 bits per heavy atom. The summed E-state index contributed by atoms with van der Waals surface area (Å²) in [6.45, 7) is 10.8. The standard InChI is InChI=1S/C31H37N3O/c1-4-7-22-34-28(24-33(5-2)23-27-20-14-15-21-29(27)35-6-3)30(25-16-10-8-11-17-25)32-31(34)26-18-12-9-13-19-26/h8-21H,4-7,22-24H2,1-3H3. The number of ether oxygens (including phenoxy) is 1. The molecule has 3 aromatic carbocycles. The van der Waals surface area contributed by atoms with Gasteiger partial charge in [0, 0.05) is 36.3 Å². The van der Waals surface area contributed by atoms with Crippen LogP contribution in [0.5, 0.6) is 5.75 Å². The molecule has 1 heterocycles. The van der Waals surface area contributed by atoms with Gasteiger partial charge >= 0.3 is 0 Å². The summed E-state index contributed by atoms with van der Waals surface area (Å²) in [6.07, 6.45) is 2.27. The zero-order valence-corrected chi connectivity index (χ0v) is 21.3. The summed E-state index contributed by atoms with van der Waals surface area (Å²) < 4.78 is 8.38. The summed E-state index contributed by atoms with van der Waals surface area (Å²) in [6, 6.07) is 29.6. The van der Waals surface area contributed by atoms with Crippen LogP contribution in [-0.2, 0) is 19.6 Å². The van der Waals surface area contributed by atoms with E-state index in [4.69, 9.17) is 9.72 Å². The van der Waals surface area contributed by atoms with Gasteiger partial charge in [0.05, 0.1) is 18.0 Å². The molecular weight excluding hydrogens is 430 g/mol. The molecule has 0 aliphatic heterocycles. The van der Waals surface area contributed by atoms with Gasteiger partial charge in [-0.15, -0.1) is 0 Å². The lowest BCUT2D eigenvalue weighted by molar-refractivity contribution is 0.256. The Morgan fingerprint density at radius 2 is 1.43 bits per heavy atom. The van der Waals surface area contributed by atoms with Crippen LogP contribution in [0.1, 0.15) is 44.9 Å². The summed E-state index contributed by atoms with van der Waals surface area (Å²) in [4.78, 5) is 7.74. The number of unbranched alkanes of at least 4 members (excludes halogenated alkanes) is 1. The van der Waals surface area contributed by atoms with Crippen LogP contribution in [0.3, 0.4) is 0 Å². The van der Waals surface area contributed by atoms with E-state index < -0.39 is 0 Å². The first-order valence-corrected chi connectivity index (χ1v) is 12.9. The molecule has 35 heavy (non-hydrogen) atoms. The predicted octanol–water partition coefficient (Wildman–Crippen LogP) is 7.44. The lowest BCUT2D eigenvalue weighted by Crippen LogP contribution is -2.25. The monoisotopic (exact) mass is 467 g/mol. The molecule has 0 spiro atoms.